The van der Waals surface area contributed by atoms with E-state index in [4.69, 9.17) is 5.26 Å². The van der Waals surface area contributed by atoms with Crippen molar-refractivity contribution in [3.63, 3.8) is 0 Å². The van der Waals surface area contributed by atoms with E-state index in [1.807, 2.05) is 19.1 Å². The maximum atomic E-state index is 9.44. The van der Waals surface area contributed by atoms with Gasteiger partial charge in [0.15, 0.2) is 0 Å². The van der Waals surface area contributed by atoms with Gasteiger partial charge in [-0.25, -0.2) is 0 Å². The van der Waals surface area contributed by atoms with E-state index in [-0.39, 0.29) is 10.8 Å². The number of benzene rings is 2. The third kappa shape index (κ3) is 5.24. The summed E-state index contributed by atoms with van der Waals surface area (Å²) in [4.78, 5) is 0. The molecule has 2 aromatic rings. The highest BCUT2D eigenvalue weighted by Crippen LogP contribution is 2.31. The third-order valence-electron chi connectivity index (χ3n) is 5.72. The topological polar surface area (TPSA) is 47.6 Å². The van der Waals surface area contributed by atoms with Crippen molar-refractivity contribution in [3.05, 3.63) is 69.8 Å². The van der Waals surface area contributed by atoms with Crippen LogP contribution >= 0.6 is 0 Å². The summed E-state index contributed by atoms with van der Waals surface area (Å²) in [5, 5.41) is 18.6. The van der Waals surface area contributed by atoms with Crippen molar-refractivity contribution in [2.24, 2.45) is 0 Å². The highest BCUT2D eigenvalue weighted by atomic mass is 14.3. The maximum absolute atomic E-state index is 9.44. The molecule has 0 aliphatic rings. The summed E-state index contributed by atoms with van der Waals surface area (Å²) in [5.74, 6) is 0. The van der Waals surface area contributed by atoms with Gasteiger partial charge < -0.3 is 0 Å². The van der Waals surface area contributed by atoms with Crippen LogP contribution < -0.4 is 0 Å². The number of unbranched alkanes of at least 4 members (excludes halogenated alkanes) is 1. The summed E-state index contributed by atoms with van der Waals surface area (Å²) in [6, 6.07) is 17.0. The molecule has 0 saturated carbocycles. The van der Waals surface area contributed by atoms with Gasteiger partial charge in [0.25, 0.3) is 0 Å². The molecule has 28 heavy (non-hydrogen) atoms. The van der Waals surface area contributed by atoms with Crippen molar-refractivity contribution in [2.45, 2.75) is 78.1 Å². The minimum Gasteiger partial charge on any atom is -0.192 e. The zero-order chi connectivity index (χ0) is 20.9. The normalized spacial score (nSPS) is 11.7. The van der Waals surface area contributed by atoms with Crippen LogP contribution in [0.1, 0.15) is 87.3 Å². The lowest BCUT2D eigenvalue weighted by molar-refractivity contribution is 0.451. The molecule has 0 unspecified atom stereocenters. The van der Waals surface area contributed by atoms with E-state index in [2.05, 4.69) is 71.0 Å². The molecule has 0 fully saturated rings. The molecule has 0 aromatic heterocycles. The lowest BCUT2D eigenvalue weighted by atomic mass is 9.79. The van der Waals surface area contributed by atoms with Gasteiger partial charge in [-0.3, -0.25) is 0 Å². The van der Waals surface area contributed by atoms with Crippen LogP contribution in [0.3, 0.4) is 0 Å². The highest BCUT2D eigenvalue weighted by molar-refractivity contribution is 5.43. The number of nitriles is 2. The van der Waals surface area contributed by atoms with Gasteiger partial charge in [0, 0.05) is 0 Å². The summed E-state index contributed by atoms with van der Waals surface area (Å²) in [6.07, 6.45) is 4.20. The van der Waals surface area contributed by atoms with Crippen LogP contribution in [0.15, 0.2) is 36.4 Å². The molecule has 2 heteroatoms. The quantitative estimate of drug-likeness (QED) is 0.528. The molecule has 0 aliphatic carbocycles. The Hall–Kier alpha value is -2.58. The second-order valence-electron chi connectivity index (χ2n) is 9.47. The Morgan fingerprint density at radius 1 is 0.786 bits per heavy atom. The lowest BCUT2D eigenvalue weighted by Gasteiger charge is -2.26. The Bertz CT molecular complexity index is 915. The first kappa shape index (κ1) is 21.7. The van der Waals surface area contributed by atoms with E-state index in [1.54, 1.807) is 0 Å². The number of nitrogens with zero attached hydrogens (tertiary/aromatic N) is 2. The molecule has 2 nitrogen and oxygen atoms in total. The first-order valence-corrected chi connectivity index (χ1v) is 10.1. The fourth-order valence-corrected chi connectivity index (χ4v) is 3.61. The molecule has 0 radical (unpaired) electrons. The largest absolute Gasteiger partial charge is 0.192 e. The van der Waals surface area contributed by atoms with Crippen LogP contribution in [-0.2, 0) is 17.3 Å². The summed E-state index contributed by atoms with van der Waals surface area (Å²) in [5.41, 5.74) is 6.51. The zero-order valence-electron chi connectivity index (χ0n) is 18.2. The molecule has 0 spiro atoms. The van der Waals surface area contributed by atoms with Crippen LogP contribution in [0.5, 0.6) is 0 Å². The Morgan fingerprint density at radius 3 is 1.96 bits per heavy atom. The number of hydrogen-bond donors (Lipinski definition) is 0. The Kier molecular flexibility index (Phi) is 6.69. The fourth-order valence-electron chi connectivity index (χ4n) is 3.61. The van der Waals surface area contributed by atoms with Gasteiger partial charge in [-0.05, 0) is 71.4 Å². The average Bonchev–Trinajstić information content (AvgIpc) is 2.64. The fraction of sp³-hybridized carbons (Fsp3) is 0.462. The molecule has 0 heterocycles. The van der Waals surface area contributed by atoms with Gasteiger partial charge in [0.05, 0.1) is 23.3 Å². The van der Waals surface area contributed by atoms with Gasteiger partial charge in [0.1, 0.15) is 0 Å². The van der Waals surface area contributed by atoms with Crippen LogP contribution in [0.2, 0.25) is 0 Å². The van der Waals surface area contributed by atoms with E-state index >= 15 is 0 Å². The van der Waals surface area contributed by atoms with Crippen molar-refractivity contribution < 1.29 is 0 Å². The minimum absolute atomic E-state index is 0.0735. The van der Waals surface area contributed by atoms with E-state index in [9.17, 15) is 5.26 Å². The van der Waals surface area contributed by atoms with E-state index in [0.29, 0.717) is 0 Å². The monoisotopic (exact) mass is 372 g/mol. The molecule has 2 aromatic carbocycles. The number of hydrogen-bond acceptors (Lipinski definition) is 2. The maximum Gasteiger partial charge on any atom is 0.0994 e. The summed E-state index contributed by atoms with van der Waals surface area (Å²) in [7, 11) is 0. The zero-order valence-corrected chi connectivity index (χ0v) is 18.2. The van der Waals surface area contributed by atoms with E-state index in [1.165, 1.54) is 16.7 Å². The molecule has 0 bridgehead atoms. The smallest absolute Gasteiger partial charge is 0.0994 e. The minimum atomic E-state index is 0.0735. The Balaban J connectivity index is 2.03. The van der Waals surface area contributed by atoms with E-state index in [0.717, 1.165) is 42.4 Å². The Morgan fingerprint density at radius 2 is 1.39 bits per heavy atom. The Labute approximate surface area is 170 Å². The molecule has 2 rings (SSSR count). The van der Waals surface area contributed by atoms with Crippen molar-refractivity contribution in [1.82, 2.24) is 0 Å². The highest BCUT2D eigenvalue weighted by Gasteiger charge is 2.21. The molecule has 0 atom stereocenters. The summed E-state index contributed by atoms with van der Waals surface area (Å²) < 4.78 is 0. The van der Waals surface area contributed by atoms with Crippen molar-refractivity contribution in [3.8, 4) is 12.1 Å². The lowest BCUT2D eigenvalue weighted by Crippen LogP contribution is -2.17. The predicted molar refractivity (Wildman–Crippen MR) is 116 cm³/mol. The van der Waals surface area contributed by atoms with Crippen molar-refractivity contribution >= 4 is 0 Å². The van der Waals surface area contributed by atoms with Gasteiger partial charge >= 0.3 is 0 Å². The van der Waals surface area contributed by atoms with Gasteiger partial charge in [0.2, 0.25) is 0 Å². The number of aryl methyl sites for hydroxylation is 2. The average molecular weight is 373 g/mol. The summed E-state index contributed by atoms with van der Waals surface area (Å²) >= 11 is 0. The molecule has 0 saturated heterocycles. The van der Waals surface area contributed by atoms with Crippen molar-refractivity contribution in [1.29, 1.82) is 10.5 Å². The van der Waals surface area contributed by atoms with Crippen molar-refractivity contribution in [2.75, 3.05) is 0 Å². The first-order valence-electron chi connectivity index (χ1n) is 10.1. The van der Waals surface area contributed by atoms with Crippen LogP contribution in [-0.4, -0.2) is 0 Å². The second-order valence-corrected chi connectivity index (χ2v) is 9.47. The van der Waals surface area contributed by atoms with Crippen LogP contribution in [0, 0.1) is 29.6 Å². The molecular formula is C26H32N2. The van der Waals surface area contributed by atoms with Gasteiger partial charge in [-0.15, -0.1) is 0 Å². The van der Waals surface area contributed by atoms with Gasteiger partial charge in [-0.2, -0.15) is 10.5 Å². The van der Waals surface area contributed by atoms with Crippen LogP contribution in [0.25, 0.3) is 0 Å². The molecule has 0 amide bonds. The predicted octanol–water partition coefficient (Wildman–Crippen LogP) is 6.73. The molecular weight excluding hydrogens is 340 g/mol. The van der Waals surface area contributed by atoms with E-state index < -0.39 is 0 Å². The molecule has 0 N–H and O–H groups in total. The second kappa shape index (κ2) is 8.62. The number of rotatable bonds is 6. The third-order valence-corrected chi connectivity index (χ3v) is 5.72. The van der Waals surface area contributed by atoms with Crippen LogP contribution in [0.4, 0.5) is 0 Å². The standard InChI is InChI=1S/C26H32N2/c1-19-15-24(13-10-21(19)17-27)26(5,6)14-8-7-9-20-16-23(25(2,3)4)12-11-22(20)18-28/h10-13,15-16H,7-9,14H2,1-6H3. The summed E-state index contributed by atoms with van der Waals surface area (Å²) in [6.45, 7) is 13.2. The first-order chi connectivity index (χ1) is 13.1. The SMILES string of the molecule is Cc1cc(C(C)(C)CCCCc2cc(C(C)(C)C)ccc2C#N)ccc1C#N. The van der Waals surface area contributed by atoms with Gasteiger partial charge in [-0.1, -0.05) is 65.3 Å². The molecule has 146 valence electrons. The molecule has 0 aliphatic heterocycles.